The summed E-state index contributed by atoms with van der Waals surface area (Å²) in [5, 5.41) is 7.10. The summed E-state index contributed by atoms with van der Waals surface area (Å²) in [7, 11) is 0. The highest BCUT2D eigenvalue weighted by molar-refractivity contribution is 7.09. The first-order valence-corrected chi connectivity index (χ1v) is 8.05. The highest BCUT2D eigenvalue weighted by Crippen LogP contribution is 2.34. The molecule has 3 rings (SSSR count). The Morgan fingerprint density at radius 1 is 1.39 bits per heavy atom. The molecule has 0 aromatic carbocycles. The first-order valence-electron chi connectivity index (χ1n) is 7.17. The Hall–Kier alpha value is -0.450. The predicted molar refractivity (Wildman–Crippen MR) is 74.3 cm³/mol. The number of morpholine rings is 1. The number of aryl methyl sites for hydroxylation is 1. The molecule has 1 aromatic heterocycles. The molecule has 0 radical (unpaired) electrons. The second-order valence-electron chi connectivity index (χ2n) is 5.41. The van der Waals surface area contributed by atoms with Crippen molar-refractivity contribution in [2.75, 3.05) is 19.8 Å². The van der Waals surface area contributed by atoms with Crippen LogP contribution in [-0.2, 0) is 11.2 Å². The van der Waals surface area contributed by atoms with Crippen LogP contribution in [0.15, 0.2) is 5.38 Å². The molecule has 100 valence electrons. The zero-order valence-corrected chi connectivity index (χ0v) is 11.7. The number of rotatable bonds is 4. The Kier molecular flexibility index (Phi) is 4.28. The molecule has 0 spiro atoms. The molecular formula is C14H22N2OS. The van der Waals surface area contributed by atoms with Gasteiger partial charge in [-0.05, 0) is 19.3 Å². The average Bonchev–Trinajstić information content (AvgIpc) is 3.08. The largest absolute Gasteiger partial charge is 0.379 e. The lowest BCUT2D eigenvalue weighted by Crippen LogP contribution is -2.41. The van der Waals surface area contributed by atoms with E-state index in [0.717, 1.165) is 38.5 Å². The molecule has 0 amide bonds. The van der Waals surface area contributed by atoms with Crippen LogP contribution in [0.1, 0.15) is 48.7 Å². The van der Waals surface area contributed by atoms with E-state index < -0.39 is 0 Å². The summed E-state index contributed by atoms with van der Waals surface area (Å²) < 4.78 is 5.48. The zero-order chi connectivity index (χ0) is 12.2. The fraction of sp³-hybridized carbons (Fsp3) is 0.786. The molecule has 0 bridgehead atoms. The molecule has 1 saturated carbocycles. The Balaban J connectivity index is 1.50. The van der Waals surface area contributed by atoms with Gasteiger partial charge in [-0.1, -0.05) is 12.8 Å². The van der Waals surface area contributed by atoms with Crippen LogP contribution in [0.4, 0.5) is 0 Å². The molecule has 1 aliphatic carbocycles. The van der Waals surface area contributed by atoms with E-state index in [4.69, 9.17) is 9.72 Å². The van der Waals surface area contributed by atoms with E-state index in [1.54, 1.807) is 0 Å². The number of hydrogen-bond acceptors (Lipinski definition) is 4. The lowest BCUT2D eigenvalue weighted by molar-refractivity contribution is 0.0743. The number of nitrogens with one attached hydrogen (secondary N) is 1. The van der Waals surface area contributed by atoms with Crippen LogP contribution in [0.3, 0.4) is 0 Å². The second kappa shape index (κ2) is 6.13. The first kappa shape index (κ1) is 12.6. The SMILES string of the molecule is c1sc(CCC2COCCN2)nc1C1CCCC1. The number of hydrogen-bond donors (Lipinski definition) is 1. The minimum atomic E-state index is 0.526. The van der Waals surface area contributed by atoms with Crippen LogP contribution >= 0.6 is 11.3 Å². The van der Waals surface area contributed by atoms with Gasteiger partial charge < -0.3 is 10.1 Å². The second-order valence-corrected chi connectivity index (χ2v) is 6.35. The van der Waals surface area contributed by atoms with Crippen molar-refractivity contribution < 1.29 is 4.74 Å². The number of ether oxygens (including phenoxy) is 1. The number of aromatic nitrogens is 1. The van der Waals surface area contributed by atoms with E-state index in [1.165, 1.54) is 36.4 Å². The van der Waals surface area contributed by atoms with E-state index in [0.29, 0.717) is 6.04 Å². The Labute approximate surface area is 113 Å². The smallest absolute Gasteiger partial charge is 0.0928 e. The van der Waals surface area contributed by atoms with Gasteiger partial charge in [0.1, 0.15) is 0 Å². The van der Waals surface area contributed by atoms with Gasteiger partial charge in [0.2, 0.25) is 0 Å². The van der Waals surface area contributed by atoms with Crippen molar-refractivity contribution >= 4 is 11.3 Å². The lowest BCUT2D eigenvalue weighted by Gasteiger charge is -2.23. The van der Waals surface area contributed by atoms with Crippen LogP contribution in [0.5, 0.6) is 0 Å². The van der Waals surface area contributed by atoms with Crippen molar-refractivity contribution in [3.05, 3.63) is 16.1 Å². The third-order valence-electron chi connectivity index (χ3n) is 4.05. The van der Waals surface area contributed by atoms with Crippen LogP contribution in [0.2, 0.25) is 0 Å². The van der Waals surface area contributed by atoms with Crippen molar-refractivity contribution in [2.45, 2.75) is 50.5 Å². The Morgan fingerprint density at radius 2 is 2.28 bits per heavy atom. The van der Waals surface area contributed by atoms with Crippen LogP contribution < -0.4 is 5.32 Å². The standard InChI is InChI=1S/C14H22N2OS/c1-2-4-11(3-1)13-10-18-14(16-13)6-5-12-9-17-8-7-15-12/h10-12,15H,1-9H2. The van der Waals surface area contributed by atoms with Gasteiger partial charge in [0.05, 0.1) is 23.9 Å². The van der Waals surface area contributed by atoms with Gasteiger partial charge in [-0.2, -0.15) is 0 Å². The quantitative estimate of drug-likeness (QED) is 0.910. The zero-order valence-electron chi connectivity index (χ0n) is 10.9. The Morgan fingerprint density at radius 3 is 3.06 bits per heavy atom. The highest BCUT2D eigenvalue weighted by Gasteiger charge is 2.20. The van der Waals surface area contributed by atoms with Crippen LogP contribution in [-0.4, -0.2) is 30.8 Å². The maximum Gasteiger partial charge on any atom is 0.0928 e. The molecule has 1 N–H and O–H groups in total. The highest BCUT2D eigenvalue weighted by atomic mass is 32.1. The van der Waals surface area contributed by atoms with Gasteiger partial charge in [-0.25, -0.2) is 4.98 Å². The van der Waals surface area contributed by atoms with Gasteiger partial charge >= 0.3 is 0 Å². The molecule has 4 heteroatoms. The summed E-state index contributed by atoms with van der Waals surface area (Å²) in [4.78, 5) is 4.83. The van der Waals surface area contributed by atoms with Crippen molar-refractivity contribution in [1.29, 1.82) is 0 Å². The van der Waals surface area contributed by atoms with Gasteiger partial charge in [0, 0.05) is 30.3 Å². The van der Waals surface area contributed by atoms with Gasteiger partial charge in [0.15, 0.2) is 0 Å². The van der Waals surface area contributed by atoms with E-state index in [-0.39, 0.29) is 0 Å². The minimum Gasteiger partial charge on any atom is -0.379 e. The van der Waals surface area contributed by atoms with E-state index in [2.05, 4.69) is 10.7 Å². The molecule has 1 atom stereocenters. The number of nitrogens with zero attached hydrogens (tertiary/aromatic N) is 1. The predicted octanol–water partition coefficient (Wildman–Crippen LogP) is 2.72. The van der Waals surface area contributed by atoms with Crippen molar-refractivity contribution in [2.24, 2.45) is 0 Å². The summed E-state index contributed by atoms with van der Waals surface area (Å²) in [6.07, 6.45) is 7.72. The third-order valence-corrected chi connectivity index (χ3v) is 4.97. The van der Waals surface area contributed by atoms with E-state index in [9.17, 15) is 0 Å². The van der Waals surface area contributed by atoms with Gasteiger partial charge in [0.25, 0.3) is 0 Å². The van der Waals surface area contributed by atoms with Crippen LogP contribution in [0.25, 0.3) is 0 Å². The molecule has 1 unspecified atom stereocenters. The van der Waals surface area contributed by atoms with Gasteiger partial charge in [-0.3, -0.25) is 0 Å². The molecule has 2 aliphatic rings. The summed E-state index contributed by atoms with van der Waals surface area (Å²) in [5.74, 6) is 0.756. The maximum atomic E-state index is 5.48. The van der Waals surface area contributed by atoms with Gasteiger partial charge in [-0.15, -0.1) is 11.3 Å². The molecule has 1 aromatic rings. The fourth-order valence-electron chi connectivity index (χ4n) is 2.95. The van der Waals surface area contributed by atoms with Crippen molar-refractivity contribution in [1.82, 2.24) is 10.3 Å². The van der Waals surface area contributed by atoms with Crippen molar-refractivity contribution in [3.8, 4) is 0 Å². The monoisotopic (exact) mass is 266 g/mol. The number of thiazole rings is 1. The minimum absolute atomic E-state index is 0.526. The fourth-order valence-corrected chi connectivity index (χ4v) is 3.85. The molecule has 1 aliphatic heterocycles. The topological polar surface area (TPSA) is 34.1 Å². The average molecular weight is 266 g/mol. The van der Waals surface area contributed by atoms with Crippen molar-refractivity contribution in [3.63, 3.8) is 0 Å². The maximum absolute atomic E-state index is 5.48. The molecule has 2 fully saturated rings. The molecule has 3 nitrogen and oxygen atoms in total. The Bertz CT molecular complexity index is 368. The summed E-state index contributed by atoms with van der Waals surface area (Å²) in [6.45, 7) is 2.72. The summed E-state index contributed by atoms with van der Waals surface area (Å²) in [6, 6.07) is 0.526. The summed E-state index contributed by atoms with van der Waals surface area (Å²) in [5.41, 5.74) is 1.36. The normalized spacial score (nSPS) is 25.7. The first-order chi connectivity index (χ1) is 8.92. The van der Waals surface area contributed by atoms with Crippen LogP contribution in [0, 0.1) is 0 Å². The molecule has 18 heavy (non-hydrogen) atoms. The molecule has 2 heterocycles. The van der Waals surface area contributed by atoms with E-state index >= 15 is 0 Å². The molecular weight excluding hydrogens is 244 g/mol. The third kappa shape index (κ3) is 3.11. The summed E-state index contributed by atoms with van der Waals surface area (Å²) >= 11 is 1.85. The lowest BCUT2D eigenvalue weighted by atomic mass is 10.1. The molecule has 1 saturated heterocycles. The van der Waals surface area contributed by atoms with E-state index in [1.807, 2.05) is 11.3 Å².